The van der Waals surface area contributed by atoms with Gasteiger partial charge in [0.05, 0.1) is 12.6 Å². The summed E-state index contributed by atoms with van der Waals surface area (Å²) < 4.78 is 12.4. The van der Waals surface area contributed by atoms with Crippen molar-refractivity contribution in [3.05, 3.63) is 96.6 Å². The summed E-state index contributed by atoms with van der Waals surface area (Å²) in [6.07, 6.45) is 0.320. The number of carbonyl (C=O) groups excluding carboxylic acids is 2. The van der Waals surface area contributed by atoms with Gasteiger partial charge in [-0.3, -0.25) is 0 Å². The first-order valence-electron chi connectivity index (χ1n) is 12.4. The van der Waals surface area contributed by atoms with Crippen molar-refractivity contribution in [3.8, 4) is 0 Å². The van der Waals surface area contributed by atoms with Gasteiger partial charge in [0.1, 0.15) is 12.4 Å². The minimum Gasteiger partial charge on any atom is -0.445 e. The first kappa shape index (κ1) is 27.4. The van der Waals surface area contributed by atoms with Crippen molar-refractivity contribution in [2.45, 2.75) is 58.2 Å². The van der Waals surface area contributed by atoms with Gasteiger partial charge in [0, 0.05) is 6.42 Å². The molecular weight excluding hydrogens is 466 g/mol. The highest BCUT2D eigenvalue weighted by Crippen LogP contribution is 2.36. The molecule has 3 aromatic carbocycles. The lowest BCUT2D eigenvalue weighted by atomic mass is 10.1. The third-order valence-corrected chi connectivity index (χ3v) is 11.3. The van der Waals surface area contributed by atoms with Gasteiger partial charge in [-0.15, -0.1) is 0 Å². The molecule has 3 rings (SSSR count). The molecule has 0 fully saturated rings. The summed E-state index contributed by atoms with van der Waals surface area (Å²) in [7, 11) is -2.77. The quantitative estimate of drug-likeness (QED) is 0.364. The average Bonchev–Trinajstić information content (AvgIpc) is 2.87. The Morgan fingerprint density at radius 2 is 1.33 bits per heavy atom. The minimum atomic E-state index is -2.77. The molecule has 0 aliphatic carbocycles. The van der Waals surface area contributed by atoms with Crippen LogP contribution < -0.4 is 15.7 Å². The van der Waals surface area contributed by atoms with Crippen LogP contribution in [-0.4, -0.2) is 32.8 Å². The van der Waals surface area contributed by atoms with Crippen molar-refractivity contribution in [2.24, 2.45) is 0 Å². The number of nitrogens with one attached hydrogen (secondary N) is 1. The average molecular weight is 504 g/mol. The Balaban J connectivity index is 1.84. The topological polar surface area (TPSA) is 64.6 Å². The Hall–Kier alpha value is -3.22. The summed E-state index contributed by atoms with van der Waals surface area (Å²) in [5.41, 5.74) is 0.913. The van der Waals surface area contributed by atoms with E-state index >= 15 is 0 Å². The Labute approximate surface area is 216 Å². The minimum absolute atomic E-state index is 0.0740. The summed E-state index contributed by atoms with van der Waals surface area (Å²) in [5.74, 6) is 0.0740. The van der Waals surface area contributed by atoms with Crippen LogP contribution in [-0.2, 0) is 20.6 Å². The molecule has 5 nitrogen and oxygen atoms in total. The Morgan fingerprint density at radius 3 is 1.81 bits per heavy atom. The number of rotatable bonds is 11. The maximum absolute atomic E-state index is 12.7. The molecule has 0 unspecified atom stereocenters. The smallest absolute Gasteiger partial charge is 0.407 e. The van der Waals surface area contributed by atoms with Crippen LogP contribution >= 0.6 is 0 Å². The summed E-state index contributed by atoms with van der Waals surface area (Å²) >= 11 is 0. The van der Waals surface area contributed by atoms with Crippen LogP contribution in [0.2, 0.25) is 5.04 Å². The molecule has 36 heavy (non-hydrogen) atoms. The molecule has 1 atom stereocenters. The van der Waals surface area contributed by atoms with Crippen LogP contribution in [0.15, 0.2) is 91.0 Å². The highest BCUT2D eigenvalue weighted by Gasteiger charge is 2.50. The van der Waals surface area contributed by atoms with Crippen molar-refractivity contribution in [1.82, 2.24) is 5.32 Å². The van der Waals surface area contributed by atoms with Crippen molar-refractivity contribution >= 4 is 30.6 Å². The third-order valence-electron chi connectivity index (χ3n) is 6.30. The van der Waals surface area contributed by atoms with Crippen molar-refractivity contribution in [3.63, 3.8) is 0 Å². The van der Waals surface area contributed by atoms with E-state index < -0.39 is 14.4 Å². The van der Waals surface area contributed by atoms with Gasteiger partial charge in [-0.25, -0.2) is 4.79 Å². The van der Waals surface area contributed by atoms with Crippen molar-refractivity contribution in [1.29, 1.82) is 0 Å². The van der Waals surface area contributed by atoms with E-state index in [1.165, 1.54) is 10.4 Å². The largest absolute Gasteiger partial charge is 0.445 e. The highest BCUT2D eigenvalue weighted by molar-refractivity contribution is 6.99. The van der Waals surface area contributed by atoms with Crippen LogP contribution in [0.1, 0.15) is 46.1 Å². The maximum atomic E-state index is 12.7. The van der Waals surface area contributed by atoms with Gasteiger partial charge in [-0.2, -0.15) is 0 Å². The number of hydrogen-bond donors (Lipinski definition) is 1. The van der Waals surface area contributed by atoms with Gasteiger partial charge >= 0.3 is 6.09 Å². The summed E-state index contributed by atoms with van der Waals surface area (Å²) in [4.78, 5) is 24.4. The summed E-state index contributed by atoms with van der Waals surface area (Å²) in [5, 5.41) is 5.10. The molecule has 0 saturated heterocycles. The van der Waals surface area contributed by atoms with Crippen LogP contribution in [0.4, 0.5) is 4.79 Å². The van der Waals surface area contributed by atoms with E-state index in [4.69, 9.17) is 9.16 Å². The van der Waals surface area contributed by atoms with E-state index in [1.807, 2.05) is 66.7 Å². The molecule has 0 heterocycles. The summed E-state index contributed by atoms with van der Waals surface area (Å²) in [6, 6.07) is 29.9. The maximum Gasteiger partial charge on any atom is 0.407 e. The first-order chi connectivity index (χ1) is 17.2. The van der Waals surface area contributed by atoms with E-state index in [-0.39, 0.29) is 30.1 Å². The van der Waals surface area contributed by atoms with Gasteiger partial charge in [-0.1, -0.05) is 112 Å². The van der Waals surface area contributed by atoms with Crippen LogP contribution in [0.3, 0.4) is 0 Å². The fourth-order valence-corrected chi connectivity index (χ4v) is 9.10. The zero-order valence-electron chi connectivity index (χ0n) is 21.7. The lowest BCUT2D eigenvalue weighted by Gasteiger charge is -2.43. The molecule has 0 aliphatic rings. The SMILES string of the molecule is CC(=O)CC[C@@H](CO[Si](c1ccccc1)(c1ccccc1)C(C)(C)C)NC(=O)OCc1ccccc1. The number of Topliss-reactive ketones (excluding diaryl/α,β-unsaturated/α-hetero) is 1. The van der Waals surface area contributed by atoms with E-state index in [2.05, 4.69) is 50.4 Å². The lowest BCUT2D eigenvalue weighted by Crippen LogP contribution is -2.67. The molecule has 3 aromatic rings. The van der Waals surface area contributed by atoms with Crippen molar-refractivity contribution in [2.75, 3.05) is 6.61 Å². The zero-order chi connectivity index (χ0) is 26.0. The second-order valence-electron chi connectivity index (χ2n) is 10.1. The number of carbonyl (C=O) groups is 2. The Morgan fingerprint density at radius 1 is 0.833 bits per heavy atom. The predicted molar refractivity (Wildman–Crippen MR) is 147 cm³/mol. The molecule has 0 spiro atoms. The predicted octanol–water partition coefficient (Wildman–Crippen LogP) is 5.23. The zero-order valence-corrected chi connectivity index (χ0v) is 22.7. The second-order valence-corrected chi connectivity index (χ2v) is 14.4. The molecular formula is C30H37NO4Si. The van der Waals surface area contributed by atoms with Gasteiger partial charge in [0.15, 0.2) is 0 Å². The summed E-state index contributed by atoms with van der Waals surface area (Å²) in [6.45, 7) is 8.67. The molecule has 0 aliphatic heterocycles. The van der Waals surface area contributed by atoms with Crippen LogP contribution in [0.25, 0.3) is 0 Å². The fourth-order valence-electron chi connectivity index (χ4n) is 4.49. The molecule has 0 saturated carbocycles. The normalized spacial score (nSPS) is 12.6. The van der Waals surface area contributed by atoms with Gasteiger partial charge < -0.3 is 19.3 Å². The van der Waals surface area contributed by atoms with E-state index in [1.54, 1.807) is 6.92 Å². The van der Waals surface area contributed by atoms with Crippen LogP contribution in [0.5, 0.6) is 0 Å². The van der Waals surface area contributed by atoms with E-state index in [9.17, 15) is 9.59 Å². The molecule has 6 heteroatoms. The number of amides is 1. The number of hydrogen-bond acceptors (Lipinski definition) is 4. The number of alkyl carbamates (subject to hydrolysis) is 1. The molecule has 190 valence electrons. The monoisotopic (exact) mass is 503 g/mol. The van der Waals surface area contributed by atoms with Crippen LogP contribution in [0, 0.1) is 0 Å². The van der Waals surface area contributed by atoms with Gasteiger partial charge in [0.25, 0.3) is 8.32 Å². The number of benzene rings is 3. The van der Waals surface area contributed by atoms with Gasteiger partial charge in [0.2, 0.25) is 0 Å². The molecule has 1 N–H and O–H groups in total. The molecule has 0 radical (unpaired) electrons. The Kier molecular flexibility index (Phi) is 9.62. The van der Waals surface area contributed by atoms with E-state index in [0.29, 0.717) is 12.8 Å². The first-order valence-corrected chi connectivity index (χ1v) is 14.3. The number of ketones is 1. The number of ether oxygens (including phenoxy) is 1. The van der Waals surface area contributed by atoms with Crippen molar-refractivity contribution < 1.29 is 18.8 Å². The third kappa shape index (κ3) is 7.15. The fraction of sp³-hybridized carbons (Fsp3) is 0.333. The Bertz CT molecular complexity index is 1060. The van der Waals surface area contributed by atoms with Gasteiger partial charge in [-0.05, 0) is 34.3 Å². The molecule has 0 bridgehead atoms. The molecule has 0 aromatic heterocycles. The highest BCUT2D eigenvalue weighted by atomic mass is 28.4. The second kappa shape index (κ2) is 12.7. The molecule has 1 amide bonds. The van der Waals surface area contributed by atoms with E-state index in [0.717, 1.165) is 5.56 Å². The standard InChI is InChI=1S/C30H37NO4Si/c1-24(32)20-21-26(31-29(33)34-22-25-14-8-5-9-15-25)23-35-36(30(2,3)4,27-16-10-6-11-17-27)28-18-12-7-13-19-28/h5-19,26H,20-23H2,1-4H3,(H,31,33)/t26-/m0/s1. The lowest BCUT2D eigenvalue weighted by molar-refractivity contribution is -0.117.